The first-order chi connectivity index (χ1) is 12.5. The van der Waals surface area contributed by atoms with E-state index in [4.69, 9.17) is 11.6 Å². The fourth-order valence-corrected chi connectivity index (χ4v) is 3.46. The average molecular weight is 372 g/mol. The summed E-state index contributed by atoms with van der Waals surface area (Å²) < 4.78 is 1.75. The topological polar surface area (TPSA) is 37.2 Å². The Morgan fingerprint density at radius 2 is 2.00 bits per heavy atom. The summed E-state index contributed by atoms with van der Waals surface area (Å²) in [6, 6.07) is 1.94. The van der Waals surface area contributed by atoms with E-state index >= 15 is 0 Å². The van der Waals surface area contributed by atoms with Crippen LogP contribution in [0.4, 0.5) is 5.69 Å². The molecular formula is C20H26ClN5. The normalized spacial score (nSPS) is 15.2. The second-order valence-corrected chi connectivity index (χ2v) is 7.59. The molecule has 1 fully saturated rings. The molecule has 1 saturated heterocycles. The first kappa shape index (κ1) is 18.8. The van der Waals surface area contributed by atoms with Crippen molar-refractivity contribution in [3.8, 4) is 11.8 Å². The van der Waals surface area contributed by atoms with Crippen LogP contribution in [0.15, 0.2) is 24.7 Å². The van der Waals surface area contributed by atoms with Crippen LogP contribution in [0.1, 0.15) is 30.4 Å². The summed E-state index contributed by atoms with van der Waals surface area (Å²) in [5.41, 5.74) is 2.91. The molecule has 2 aromatic rings. The van der Waals surface area contributed by atoms with Crippen molar-refractivity contribution in [2.24, 2.45) is 13.0 Å². The van der Waals surface area contributed by atoms with Crippen molar-refractivity contribution < 1.29 is 0 Å². The third kappa shape index (κ3) is 5.00. The second-order valence-electron chi connectivity index (χ2n) is 7.20. The molecule has 3 rings (SSSR count). The van der Waals surface area contributed by atoms with Crippen molar-refractivity contribution in [1.29, 1.82) is 0 Å². The van der Waals surface area contributed by atoms with Crippen LogP contribution < -0.4 is 4.90 Å². The third-order valence-electron chi connectivity index (χ3n) is 4.83. The maximum Gasteiger partial charge on any atom is 0.131 e. The summed E-state index contributed by atoms with van der Waals surface area (Å²) in [6.07, 6.45) is 9.15. The van der Waals surface area contributed by atoms with Crippen molar-refractivity contribution in [1.82, 2.24) is 19.7 Å². The molecule has 3 heterocycles. The van der Waals surface area contributed by atoms with Gasteiger partial charge in [0.25, 0.3) is 0 Å². The lowest BCUT2D eigenvalue weighted by atomic mass is 9.93. The number of halogens is 1. The summed E-state index contributed by atoms with van der Waals surface area (Å²) in [5, 5.41) is 4.67. The molecule has 138 valence electrons. The van der Waals surface area contributed by atoms with Crippen LogP contribution in [0.2, 0.25) is 5.15 Å². The van der Waals surface area contributed by atoms with E-state index in [0.29, 0.717) is 5.15 Å². The number of anilines is 1. The first-order valence-electron chi connectivity index (χ1n) is 9.07. The summed E-state index contributed by atoms with van der Waals surface area (Å²) in [6.45, 7) is 3.24. The molecule has 1 aliphatic rings. The Morgan fingerprint density at radius 1 is 1.23 bits per heavy atom. The van der Waals surface area contributed by atoms with E-state index < -0.39 is 0 Å². The highest BCUT2D eigenvalue weighted by Gasteiger charge is 2.21. The molecule has 1 aliphatic heterocycles. The zero-order valence-electron chi connectivity index (χ0n) is 15.7. The fraction of sp³-hybridized carbons (Fsp3) is 0.500. The molecule has 0 amide bonds. The van der Waals surface area contributed by atoms with Crippen molar-refractivity contribution in [2.75, 3.05) is 38.6 Å². The molecule has 26 heavy (non-hydrogen) atoms. The molecule has 0 spiro atoms. The second kappa shape index (κ2) is 8.57. The number of rotatable bonds is 4. The van der Waals surface area contributed by atoms with Gasteiger partial charge in [0, 0.05) is 38.6 Å². The van der Waals surface area contributed by atoms with Gasteiger partial charge in [-0.2, -0.15) is 5.10 Å². The molecule has 0 atom stereocenters. The lowest BCUT2D eigenvalue weighted by molar-refractivity contribution is 0.313. The van der Waals surface area contributed by atoms with E-state index in [0.717, 1.165) is 42.4 Å². The Balaban J connectivity index is 1.72. The van der Waals surface area contributed by atoms with Crippen LogP contribution in [-0.4, -0.2) is 53.4 Å². The minimum absolute atomic E-state index is 0.515. The Hall–Kier alpha value is -2.03. The Morgan fingerprint density at radius 3 is 2.65 bits per heavy atom. The molecule has 0 saturated carbocycles. The maximum absolute atomic E-state index is 6.16. The molecular weight excluding hydrogens is 346 g/mol. The van der Waals surface area contributed by atoms with Crippen LogP contribution in [0, 0.1) is 17.8 Å². The van der Waals surface area contributed by atoms with Gasteiger partial charge < -0.3 is 9.80 Å². The molecule has 0 unspecified atom stereocenters. The van der Waals surface area contributed by atoms with Crippen molar-refractivity contribution in [2.45, 2.75) is 19.3 Å². The number of pyridine rings is 1. The van der Waals surface area contributed by atoms with Crippen LogP contribution in [-0.2, 0) is 7.05 Å². The van der Waals surface area contributed by atoms with Gasteiger partial charge in [-0.15, -0.1) is 0 Å². The Bertz CT molecular complexity index is 794. The van der Waals surface area contributed by atoms with Crippen molar-refractivity contribution in [3.63, 3.8) is 0 Å². The molecule has 2 aromatic heterocycles. The maximum atomic E-state index is 6.16. The van der Waals surface area contributed by atoms with Gasteiger partial charge in [0.1, 0.15) is 5.15 Å². The summed E-state index contributed by atoms with van der Waals surface area (Å²) in [5.74, 6) is 7.22. The van der Waals surface area contributed by atoms with Gasteiger partial charge in [-0.3, -0.25) is 4.68 Å². The van der Waals surface area contributed by atoms with Crippen LogP contribution in [0.3, 0.4) is 0 Å². The standard InChI is InChI=1S/C20H26ClN5/c1-24(2)9-6-16-7-10-26(11-8-16)19-12-20(21)22-14-18(19)5-4-17-13-23-25(3)15-17/h12-16H,6-11H2,1-3H3. The quantitative estimate of drug-likeness (QED) is 0.611. The molecule has 0 N–H and O–H groups in total. The van der Waals surface area contributed by atoms with E-state index in [1.807, 2.05) is 19.3 Å². The highest BCUT2D eigenvalue weighted by molar-refractivity contribution is 6.29. The molecule has 0 radical (unpaired) electrons. The van der Waals surface area contributed by atoms with Gasteiger partial charge in [-0.05, 0) is 45.8 Å². The lowest BCUT2D eigenvalue weighted by Crippen LogP contribution is -2.35. The predicted molar refractivity (Wildman–Crippen MR) is 107 cm³/mol. The van der Waals surface area contributed by atoms with E-state index in [1.165, 1.54) is 19.3 Å². The van der Waals surface area contributed by atoms with Gasteiger partial charge in [0.15, 0.2) is 0 Å². The van der Waals surface area contributed by atoms with Crippen molar-refractivity contribution >= 4 is 17.3 Å². The minimum atomic E-state index is 0.515. The molecule has 5 nitrogen and oxygen atoms in total. The van der Waals surface area contributed by atoms with Crippen LogP contribution in [0.25, 0.3) is 0 Å². The van der Waals surface area contributed by atoms with Gasteiger partial charge in [-0.1, -0.05) is 23.4 Å². The lowest BCUT2D eigenvalue weighted by Gasteiger charge is -2.34. The van der Waals surface area contributed by atoms with Gasteiger partial charge in [0.2, 0.25) is 0 Å². The molecule has 6 heteroatoms. The SMILES string of the molecule is CN(C)CCC1CCN(c2cc(Cl)ncc2C#Cc2cnn(C)c2)CC1. The average Bonchev–Trinajstić information content (AvgIpc) is 3.04. The number of hydrogen-bond acceptors (Lipinski definition) is 4. The number of piperidine rings is 1. The number of aryl methyl sites for hydroxylation is 1. The Labute approximate surface area is 161 Å². The Kier molecular flexibility index (Phi) is 6.18. The van der Waals surface area contributed by atoms with Crippen molar-refractivity contribution in [3.05, 3.63) is 40.9 Å². The molecule has 0 aliphatic carbocycles. The van der Waals surface area contributed by atoms with Gasteiger partial charge in [0.05, 0.1) is 23.0 Å². The zero-order chi connectivity index (χ0) is 18.5. The number of nitrogens with zero attached hydrogens (tertiary/aromatic N) is 5. The molecule has 0 aromatic carbocycles. The van der Waals surface area contributed by atoms with Crippen LogP contribution in [0.5, 0.6) is 0 Å². The highest BCUT2D eigenvalue weighted by Crippen LogP contribution is 2.29. The highest BCUT2D eigenvalue weighted by atomic mass is 35.5. The van der Waals surface area contributed by atoms with Gasteiger partial charge in [-0.25, -0.2) is 4.98 Å². The predicted octanol–water partition coefficient (Wildman–Crippen LogP) is 3.04. The third-order valence-corrected chi connectivity index (χ3v) is 5.04. The van der Waals surface area contributed by atoms with Crippen LogP contribution >= 0.6 is 11.6 Å². The largest absolute Gasteiger partial charge is 0.370 e. The minimum Gasteiger partial charge on any atom is -0.370 e. The summed E-state index contributed by atoms with van der Waals surface area (Å²) in [7, 11) is 6.17. The fourth-order valence-electron chi connectivity index (χ4n) is 3.31. The molecule has 0 bridgehead atoms. The monoisotopic (exact) mass is 371 g/mol. The van der Waals surface area contributed by atoms with E-state index in [9.17, 15) is 0 Å². The smallest absolute Gasteiger partial charge is 0.131 e. The van der Waals surface area contributed by atoms with E-state index in [-0.39, 0.29) is 0 Å². The summed E-state index contributed by atoms with van der Waals surface area (Å²) >= 11 is 6.16. The number of hydrogen-bond donors (Lipinski definition) is 0. The number of aromatic nitrogens is 3. The van der Waals surface area contributed by atoms with Gasteiger partial charge >= 0.3 is 0 Å². The summed E-state index contributed by atoms with van der Waals surface area (Å²) in [4.78, 5) is 8.89. The first-order valence-corrected chi connectivity index (χ1v) is 9.45. The van der Waals surface area contributed by atoms with E-state index in [1.54, 1.807) is 17.1 Å². The van der Waals surface area contributed by atoms with E-state index in [2.05, 4.69) is 45.8 Å². The zero-order valence-corrected chi connectivity index (χ0v) is 16.5.